The van der Waals surface area contributed by atoms with Crippen molar-refractivity contribution in [1.82, 2.24) is 25.0 Å². The van der Waals surface area contributed by atoms with Gasteiger partial charge in [-0.3, -0.25) is 9.59 Å². The van der Waals surface area contributed by atoms with Gasteiger partial charge in [-0.05, 0) is 25.0 Å². The van der Waals surface area contributed by atoms with E-state index in [0.717, 1.165) is 25.2 Å². The van der Waals surface area contributed by atoms with Crippen molar-refractivity contribution in [3.63, 3.8) is 0 Å². The van der Waals surface area contributed by atoms with Crippen LogP contribution in [0.5, 0.6) is 0 Å². The van der Waals surface area contributed by atoms with Crippen LogP contribution in [0, 0.1) is 5.82 Å². The van der Waals surface area contributed by atoms with Crippen LogP contribution in [0.3, 0.4) is 0 Å². The second kappa shape index (κ2) is 9.23. The summed E-state index contributed by atoms with van der Waals surface area (Å²) in [5, 5.41) is 5.41. The van der Waals surface area contributed by atoms with E-state index < -0.39 is 11.8 Å². The predicted molar refractivity (Wildman–Crippen MR) is 119 cm³/mol. The smallest absolute Gasteiger partial charge is 0.320 e. The Labute approximate surface area is 190 Å². The minimum atomic E-state index is -0.679. The maximum atomic E-state index is 13.6. The van der Waals surface area contributed by atoms with Gasteiger partial charge in [0.1, 0.15) is 10.8 Å². The first-order chi connectivity index (χ1) is 15.3. The van der Waals surface area contributed by atoms with Crippen molar-refractivity contribution in [2.24, 2.45) is 0 Å². The Morgan fingerprint density at radius 1 is 1.25 bits per heavy atom. The second-order valence-electron chi connectivity index (χ2n) is 8.31. The normalized spacial score (nSPS) is 20.1. The van der Waals surface area contributed by atoms with Gasteiger partial charge in [-0.1, -0.05) is 12.1 Å². The van der Waals surface area contributed by atoms with E-state index in [1.54, 1.807) is 21.9 Å². The molecule has 1 N–H and O–H groups in total. The largest absolute Gasteiger partial charge is 0.343 e. The Balaban J connectivity index is 1.53. The van der Waals surface area contributed by atoms with Crippen LogP contribution >= 0.6 is 11.3 Å². The number of nitrogens with zero attached hydrogens (tertiary/aromatic N) is 4. The first-order valence-corrected chi connectivity index (χ1v) is 11.5. The van der Waals surface area contributed by atoms with E-state index in [2.05, 4.69) is 10.3 Å². The van der Waals surface area contributed by atoms with Crippen LogP contribution in [0.2, 0.25) is 0 Å². The number of amides is 4. The molecule has 0 unspecified atom stereocenters. The summed E-state index contributed by atoms with van der Waals surface area (Å²) in [6.45, 7) is 1.97. The van der Waals surface area contributed by atoms with Crippen LogP contribution in [-0.4, -0.2) is 83.3 Å². The average molecular weight is 460 g/mol. The summed E-state index contributed by atoms with van der Waals surface area (Å²) in [5.74, 6) is -1.63. The molecule has 2 atom stereocenters. The van der Waals surface area contributed by atoms with Gasteiger partial charge in [0.25, 0.3) is 0 Å². The summed E-state index contributed by atoms with van der Waals surface area (Å²) in [5.41, 5.74) is 1.46. The van der Waals surface area contributed by atoms with Crippen molar-refractivity contribution < 1.29 is 18.8 Å². The minimum Gasteiger partial charge on any atom is -0.343 e. The third-order valence-electron chi connectivity index (χ3n) is 5.88. The molecule has 1 aromatic carbocycles. The summed E-state index contributed by atoms with van der Waals surface area (Å²) in [6.07, 6.45) is 1.99. The first kappa shape index (κ1) is 22.2. The molecular formula is C22H26FN5O3S. The molecule has 8 nitrogen and oxygen atoms in total. The number of hydrogen-bond acceptors (Lipinski definition) is 5. The van der Waals surface area contributed by atoms with Crippen LogP contribution < -0.4 is 5.32 Å². The lowest BCUT2D eigenvalue weighted by Gasteiger charge is -2.37. The van der Waals surface area contributed by atoms with Crippen LogP contribution in [0.1, 0.15) is 18.5 Å². The highest BCUT2D eigenvalue weighted by atomic mass is 32.1. The van der Waals surface area contributed by atoms with Crippen molar-refractivity contribution in [2.75, 3.05) is 33.7 Å². The number of carbonyl (C=O) groups is 3. The molecule has 2 aliphatic rings. The molecule has 0 radical (unpaired) electrons. The lowest BCUT2D eigenvalue weighted by molar-refractivity contribution is -0.144. The standard InChI is InChI=1S/C22H26FN5O3S/c1-26(2)21(30)19(29)25-17-7-10-28(22(31)27-8-4-9-27)18(17)12-16-13-32-20(24-16)14-5-3-6-15(23)11-14/h3,5-6,11,13,17-18H,4,7-10,12H2,1-2H3,(H,25,29)/t17-,18-/m0/s1. The summed E-state index contributed by atoms with van der Waals surface area (Å²) in [4.78, 5) is 46.8. The first-order valence-electron chi connectivity index (χ1n) is 10.6. The van der Waals surface area contributed by atoms with E-state index in [1.807, 2.05) is 5.38 Å². The average Bonchev–Trinajstić information content (AvgIpc) is 3.34. The molecule has 2 aromatic rings. The van der Waals surface area contributed by atoms with E-state index >= 15 is 0 Å². The molecule has 170 valence electrons. The fourth-order valence-electron chi connectivity index (χ4n) is 4.00. The summed E-state index contributed by atoms with van der Waals surface area (Å²) >= 11 is 1.41. The SMILES string of the molecule is CN(C)C(=O)C(=O)N[C@H]1CCN(C(=O)N2CCC2)[C@H]1Cc1csc(-c2cccc(F)c2)n1. The van der Waals surface area contributed by atoms with E-state index in [1.165, 1.54) is 42.5 Å². The molecular weight excluding hydrogens is 433 g/mol. The van der Waals surface area contributed by atoms with Crippen LogP contribution in [-0.2, 0) is 16.0 Å². The molecule has 2 saturated heterocycles. The Morgan fingerprint density at radius 2 is 2.03 bits per heavy atom. The van der Waals surface area contributed by atoms with Crippen molar-refractivity contribution in [3.8, 4) is 10.6 Å². The van der Waals surface area contributed by atoms with Crippen molar-refractivity contribution >= 4 is 29.2 Å². The van der Waals surface area contributed by atoms with Gasteiger partial charge in [0.15, 0.2) is 0 Å². The number of urea groups is 1. The lowest BCUT2D eigenvalue weighted by Crippen LogP contribution is -2.55. The lowest BCUT2D eigenvalue weighted by atomic mass is 10.0. The number of thiazole rings is 1. The van der Waals surface area contributed by atoms with Crippen molar-refractivity contribution in [3.05, 3.63) is 41.2 Å². The summed E-state index contributed by atoms with van der Waals surface area (Å²) < 4.78 is 13.6. The number of likely N-dealkylation sites (N-methyl/N-ethyl adjacent to an activating group) is 1. The number of hydrogen-bond donors (Lipinski definition) is 1. The molecule has 4 rings (SSSR count). The number of aromatic nitrogens is 1. The Hall–Kier alpha value is -3.01. The molecule has 0 bridgehead atoms. The van der Waals surface area contributed by atoms with Gasteiger partial charge in [-0.15, -0.1) is 11.3 Å². The molecule has 0 spiro atoms. The fourth-order valence-corrected chi connectivity index (χ4v) is 4.83. The summed E-state index contributed by atoms with van der Waals surface area (Å²) in [7, 11) is 3.05. The minimum absolute atomic E-state index is 0.0440. The molecule has 10 heteroatoms. The number of halogens is 1. The monoisotopic (exact) mass is 459 g/mol. The quantitative estimate of drug-likeness (QED) is 0.709. The molecule has 0 saturated carbocycles. The highest BCUT2D eigenvalue weighted by Gasteiger charge is 2.41. The maximum absolute atomic E-state index is 13.6. The van der Waals surface area contributed by atoms with Gasteiger partial charge in [0, 0.05) is 51.1 Å². The topological polar surface area (TPSA) is 85.8 Å². The highest BCUT2D eigenvalue weighted by molar-refractivity contribution is 7.13. The Kier molecular flexibility index (Phi) is 6.40. The number of likely N-dealkylation sites (tertiary alicyclic amines) is 2. The molecule has 4 amide bonds. The van der Waals surface area contributed by atoms with Gasteiger partial charge < -0.3 is 20.0 Å². The molecule has 3 heterocycles. The van der Waals surface area contributed by atoms with Crippen LogP contribution in [0.4, 0.5) is 9.18 Å². The number of nitrogens with one attached hydrogen (secondary N) is 1. The van der Waals surface area contributed by atoms with Gasteiger partial charge in [0.2, 0.25) is 0 Å². The predicted octanol–water partition coefficient (Wildman–Crippen LogP) is 1.96. The molecule has 1 aromatic heterocycles. The van der Waals surface area contributed by atoms with Crippen molar-refractivity contribution in [2.45, 2.75) is 31.3 Å². The van der Waals surface area contributed by atoms with Gasteiger partial charge >= 0.3 is 17.8 Å². The molecule has 2 aliphatic heterocycles. The fraction of sp³-hybridized carbons (Fsp3) is 0.455. The zero-order chi connectivity index (χ0) is 22.8. The number of benzene rings is 1. The van der Waals surface area contributed by atoms with Crippen LogP contribution in [0.25, 0.3) is 10.6 Å². The Morgan fingerprint density at radius 3 is 2.69 bits per heavy atom. The van der Waals surface area contributed by atoms with Crippen molar-refractivity contribution in [1.29, 1.82) is 0 Å². The van der Waals surface area contributed by atoms with Gasteiger partial charge in [-0.2, -0.15) is 0 Å². The maximum Gasteiger partial charge on any atom is 0.320 e. The Bertz CT molecular complexity index is 1020. The second-order valence-corrected chi connectivity index (χ2v) is 9.17. The molecule has 32 heavy (non-hydrogen) atoms. The molecule has 0 aliphatic carbocycles. The third-order valence-corrected chi connectivity index (χ3v) is 6.82. The number of rotatable bonds is 4. The summed E-state index contributed by atoms with van der Waals surface area (Å²) in [6, 6.07) is 5.56. The zero-order valence-corrected chi connectivity index (χ0v) is 18.9. The number of carbonyl (C=O) groups excluding carboxylic acids is 3. The third kappa shape index (κ3) is 4.59. The highest BCUT2D eigenvalue weighted by Crippen LogP contribution is 2.28. The van der Waals surface area contributed by atoms with Gasteiger partial charge in [-0.25, -0.2) is 14.2 Å². The van der Waals surface area contributed by atoms with E-state index in [4.69, 9.17) is 0 Å². The van der Waals surface area contributed by atoms with E-state index in [-0.39, 0.29) is 23.9 Å². The van der Waals surface area contributed by atoms with Gasteiger partial charge in [0.05, 0.1) is 17.8 Å². The van der Waals surface area contributed by atoms with E-state index in [9.17, 15) is 18.8 Å². The molecule has 2 fully saturated rings. The zero-order valence-electron chi connectivity index (χ0n) is 18.1. The van der Waals surface area contributed by atoms with E-state index in [0.29, 0.717) is 30.0 Å². The van der Waals surface area contributed by atoms with Crippen LogP contribution in [0.15, 0.2) is 29.6 Å².